The average Bonchev–Trinajstić information content (AvgIpc) is 2.83. The maximum absolute atomic E-state index is 12.5. The zero-order valence-electron chi connectivity index (χ0n) is 13.9. The molecule has 23 heavy (non-hydrogen) atoms. The lowest BCUT2D eigenvalue weighted by Gasteiger charge is -2.65. The van der Waals surface area contributed by atoms with Crippen LogP contribution in [0, 0.1) is 28.1 Å². The fraction of sp³-hybridized carbons (Fsp3) is 0.700. The molecule has 5 aliphatic rings. The summed E-state index contributed by atoms with van der Waals surface area (Å²) in [5, 5.41) is 0. The predicted octanol–water partition coefficient (Wildman–Crippen LogP) is 3.24. The normalized spacial score (nSPS) is 53.7. The van der Waals surface area contributed by atoms with E-state index in [0.29, 0.717) is 24.2 Å². The van der Waals surface area contributed by atoms with Crippen molar-refractivity contribution in [3.05, 3.63) is 23.8 Å². The molecule has 4 aliphatic carbocycles. The molecule has 6 atom stereocenters. The predicted molar refractivity (Wildman–Crippen MR) is 85.7 cm³/mol. The Morgan fingerprint density at radius 2 is 2.04 bits per heavy atom. The Hall–Kier alpha value is -1.22. The number of Topliss-reactive ketones (excluding diaryl/α,β-unsaturated/α-hetero) is 1. The molecule has 0 aromatic heterocycles. The third-order valence-corrected chi connectivity index (χ3v) is 8.27. The average molecular weight is 312 g/mol. The molecule has 1 saturated heterocycles. The van der Waals surface area contributed by atoms with Crippen molar-refractivity contribution >= 4 is 11.6 Å². The van der Waals surface area contributed by atoms with Gasteiger partial charge in [0.05, 0.1) is 6.61 Å². The quantitative estimate of drug-likeness (QED) is 0.689. The van der Waals surface area contributed by atoms with Crippen LogP contribution in [-0.2, 0) is 14.3 Å². The maximum atomic E-state index is 12.5. The highest BCUT2D eigenvalue weighted by molar-refractivity contribution is 5.96. The van der Waals surface area contributed by atoms with E-state index < -0.39 is 0 Å². The van der Waals surface area contributed by atoms with Gasteiger partial charge in [0, 0.05) is 22.7 Å². The highest BCUT2D eigenvalue weighted by Gasteiger charge is 2.67. The summed E-state index contributed by atoms with van der Waals surface area (Å²) < 4.78 is 6.07. The molecule has 1 heterocycles. The van der Waals surface area contributed by atoms with Crippen LogP contribution in [0.2, 0.25) is 0 Å². The Morgan fingerprint density at radius 3 is 2.87 bits per heavy atom. The molecule has 1 aliphatic heterocycles. The number of hydrogen-bond acceptors (Lipinski definition) is 3. The van der Waals surface area contributed by atoms with Gasteiger partial charge in [-0.05, 0) is 49.2 Å². The van der Waals surface area contributed by atoms with Gasteiger partial charge in [-0.15, -0.1) is 0 Å². The van der Waals surface area contributed by atoms with E-state index in [2.05, 4.69) is 26.0 Å². The van der Waals surface area contributed by atoms with Crippen LogP contribution in [0.3, 0.4) is 0 Å². The van der Waals surface area contributed by atoms with Crippen molar-refractivity contribution in [2.75, 3.05) is 6.61 Å². The number of carbonyl (C=O) groups is 2. The van der Waals surface area contributed by atoms with Gasteiger partial charge in [0.1, 0.15) is 11.9 Å². The monoisotopic (exact) mass is 312 g/mol. The second kappa shape index (κ2) is 4.05. The van der Waals surface area contributed by atoms with E-state index in [9.17, 15) is 9.59 Å². The minimum absolute atomic E-state index is 0.0240. The Kier molecular flexibility index (Phi) is 2.49. The molecular weight excluding hydrogens is 288 g/mol. The first-order valence-corrected chi connectivity index (χ1v) is 9.00. The third-order valence-electron chi connectivity index (χ3n) is 8.27. The molecule has 0 radical (unpaired) electrons. The van der Waals surface area contributed by atoms with Gasteiger partial charge in [-0.2, -0.15) is 0 Å². The molecule has 0 aromatic carbocycles. The Morgan fingerprint density at radius 1 is 1.22 bits per heavy atom. The van der Waals surface area contributed by atoms with Crippen LogP contribution < -0.4 is 0 Å². The molecule has 1 unspecified atom stereocenters. The van der Waals surface area contributed by atoms with E-state index in [-0.39, 0.29) is 28.1 Å². The third kappa shape index (κ3) is 1.42. The van der Waals surface area contributed by atoms with Gasteiger partial charge < -0.3 is 4.74 Å². The molecule has 1 spiro atoms. The lowest BCUT2D eigenvalue weighted by atomic mass is 9.41. The van der Waals surface area contributed by atoms with Crippen LogP contribution in [0.15, 0.2) is 23.8 Å². The van der Waals surface area contributed by atoms with Crippen LogP contribution in [-0.4, -0.2) is 24.3 Å². The van der Waals surface area contributed by atoms with Gasteiger partial charge in [-0.25, -0.2) is 0 Å². The van der Waals surface area contributed by atoms with Crippen molar-refractivity contribution in [1.29, 1.82) is 0 Å². The molecule has 3 heteroatoms. The van der Waals surface area contributed by atoms with Crippen molar-refractivity contribution in [3.8, 4) is 0 Å². The minimum Gasteiger partial charge on any atom is -0.369 e. The maximum Gasteiger partial charge on any atom is 0.184 e. The largest absolute Gasteiger partial charge is 0.369 e. The zero-order valence-corrected chi connectivity index (χ0v) is 13.9. The van der Waals surface area contributed by atoms with Crippen molar-refractivity contribution < 1.29 is 14.3 Å². The standard InChI is InChI=1S/C20H24O3/c1-18-7-8-20-11-23-16-10-19(20,2)12(9-15(16)21)3-4-14(20)13(18)5-6-17(18)22/h3-4,9,13-14,16H,5-8,10-11H2,1-2H3/t13-,14-,16?,18-,19-,20+/m0/s1. The van der Waals surface area contributed by atoms with Crippen molar-refractivity contribution in [2.24, 2.45) is 28.1 Å². The molecule has 5 rings (SSSR count). The fourth-order valence-electron chi connectivity index (χ4n) is 6.64. The number of carbonyl (C=O) groups excluding carboxylic acids is 2. The fourth-order valence-corrected chi connectivity index (χ4v) is 6.64. The number of fused-ring (bicyclic) bond motifs is 3. The van der Waals surface area contributed by atoms with Crippen molar-refractivity contribution in [3.63, 3.8) is 0 Å². The van der Waals surface area contributed by atoms with Gasteiger partial charge in [0.2, 0.25) is 0 Å². The lowest BCUT2D eigenvalue weighted by Crippen LogP contribution is -2.63. The van der Waals surface area contributed by atoms with Gasteiger partial charge in [-0.3, -0.25) is 9.59 Å². The van der Waals surface area contributed by atoms with Crippen LogP contribution in [0.1, 0.15) is 46.0 Å². The van der Waals surface area contributed by atoms with Crippen LogP contribution in [0.4, 0.5) is 0 Å². The molecule has 2 saturated carbocycles. The molecular formula is C20H24O3. The SMILES string of the molecule is C[C@@]12CC3OC[C@@]14CC[C@]1(C)C(=O)CC[C@H]1[C@@H]4C=CC2=CC3=O. The summed E-state index contributed by atoms with van der Waals surface area (Å²) in [5.41, 5.74) is 1.15. The van der Waals surface area contributed by atoms with E-state index in [1.165, 1.54) is 5.57 Å². The summed E-state index contributed by atoms with van der Waals surface area (Å²) in [5.74, 6) is 1.44. The Labute approximate surface area is 137 Å². The molecule has 0 amide bonds. The number of hydrogen-bond donors (Lipinski definition) is 0. The highest BCUT2D eigenvalue weighted by atomic mass is 16.5. The Balaban J connectivity index is 1.69. The van der Waals surface area contributed by atoms with Crippen LogP contribution in [0.25, 0.3) is 0 Å². The Bertz CT molecular complexity index is 689. The van der Waals surface area contributed by atoms with Crippen LogP contribution >= 0.6 is 0 Å². The van der Waals surface area contributed by atoms with Gasteiger partial charge in [0.15, 0.2) is 5.78 Å². The number of allylic oxidation sites excluding steroid dienone is 3. The number of ether oxygens (including phenoxy) is 1. The first-order chi connectivity index (χ1) is 10.9. The summed E-state index contributed by atoms with van der Waals surface area (Å²) in [6.45, 7) is 5.21. The molecule has 0 N–H and O–H groups in total. The first kappa shape index (κ1) is 14.2. The molecule has 3 nitrogen and oxygen atoms in total. The molecule has 2 bridgehead atoms. The minimum atomic E-state index is -0.250. The summed E-state index contributed by atoms with van der Waals surface area (Å²) >= 11 is 0. The van der Waals surface area contributed by atoms with Crippen molar-refractivity contribution in [2.45, 2.75) is 52.1 Å². The highest BCUT2D eigenvalue weighted by Crippen LogP contribution is 2.70. The van der Waals surface area contributed by atoms with E-state index in [1.807, 2.05) is 6.08 Å². The van der Waals surface area contributed by atoms with Crippen LogP contribution in [0.5, 0.6) is 0 Å². The number of rotatable bonds is 0. The smallest absolute Gasteiger partial charge is 0.184 e. The topological polar surface area (TPSA) is 43.4 Å². The lowest BCUT2D eigenvalue weighted by molar-refractivity contribution is -0.193. The second-order valence-electron chi connectivity index (χ2n) is 8.86. The van der Waals surface area contributed by atoms with Gasteiger partial charge in [-0.1, -0.05) is 26.0 Å². The van der Waals surface area contributed by atoms with Gasteiger partial charge in [0.25, 0.3) is 0 Å². The summed E-state index contributed by atoms with van der Waals surface area (Å²) in [6.07, 6.45) is 10.7. The zero-order chi connectivity index (χ0) is 16.0. The molecule has 122 valence electrons. The molecule has 3 fully saturated rings. The number of ketones is 2. The van der Waals surface area contributed by atoms with E-state index in [1.54, 1.807) is 0 Å². The summed E-state index contributed by atoms with van der Waals surface area (Å²) in [6, 6.07) is 0. The first-order valence-electron chi connectivity index (χ1n) is 9.00. The second-order valence-corrected chi connectivity index (χ2v) is 8.86. The van der Waals surface area contributed by atoms with E-state index in [0.717, 1.165) is 32.1 Å². The van der Waals surface area contributed by atoms with Gasteiger partial charge >= 0.3 is 0 Å². The summed E-state index contributed by atoms with van der Waals surface area (Å²) in [4.78, 5) is 24.7. The summed E-state index contributed by atoms with van der Waals surface area (Å²) in [7, 11) is 0. The van der Waals surface area contributed by atoms with Crippen molar-refractivity contribution in [1.82, 2.24) is 0 Å². The van der Waals surface area contributed by atoms with E-state index >= 15 is 0 Å². The van der Waals surface area contributed by atoms with E-state index in [4.69, 9.17) is 4.74 Å². The molecule has 0 aromatic rings.